The van der Waals surface area contributed by atoms with Crippen molar-refractivity contribution in [3.8, 4) is 0 Å². The molecule has 16 heavy (non-hydrogen) atoms. The van der Waals surface area contributed by atoms with Crippen LogP contribution in [0.3, 0.4) is 0 Å². The van der Waals surface area contributed by atoms with Gasteiger partial charge in [0.2, 0.25) is 0 Å². The molecule has 0 radical (unpaired) electrons. The molecule has 1 N–H and O–H groups in total. The predicted molar refractivity (Wildman–Crippen MR) is 72.7 cm³/mol. The Hall–Kier alpha value is -0.300. The second kappa shape index (κ2) is 12.8. The van der Waals surface area contributed by atoms with Crippen LogP contribution in [0.5, 0.6) is 0 Å². The fraction of sp³-hybridized carbons (Fsp3) is 0.867. The van der Waals surface area contributed by atoms with E-state index in [-0.39, 0.29) is 6.10 Å². The van der Waals surface area contributed by atoms with Gasteiger partial charge in [-0.3, -0.25) is 0 Å². The van der Waals surface area contributed by atoms with Crippen molar-refractivity contribution in [1.82, 2.24) is 0 Å². The summed E-state index contributed by atoms with van der Waals surface area (Å²) in [7, 11) is 0. The van der Waals surface area contributed by atoms with E-state index in [2.05, 4.69) is 19.1 Å². The van der Waals surface area contributed by atoms with E-state index >= 15 is 0 Å². The molecule has 0 aliphatic rings. The smallest absolute Gasteiger partial charge is 0.0515 e. The molecule has 96 valence electrons. The highest BCUT2D eigenvalue weighted by Crippen LogP contribution is 2.08. The maximum Gasteiger partial charge on any atom is 0.0515 e. The molecule has 0 heterocycles. The van der Waals surface area contributed by atoms with Crippen LogP contribution < -0.4 is 0 Å². The first-order chi connectivity index (χ1) is 7.77. The lowest BCUT2D eigenvalue weighted by atomic mass is 10.1. The SMILES string of the molecule is CCCCCCCCC/C=C\CCC(C)O. The maximum atomic E-state index is 9.06. The van der Waals surface area contributed by atoms with Gasteiger partial charge in [-0.2, -0.15) is 0 Å². The topological polar surface area (TPSA) is 20.2 Å². The normalized spacial score (nSPS) is 13.4. The molecule has 1 atom stereocenters. The second-order valence-corrected chi connectivity index (χ2v) is 4.81. The zero-order valence-corrected chi connectivity index (χ0v) is 11.3. The van der Waals surface area contributed by atoms with E-state index in [1.165, 1.54) is 51.4 Å². The van der Waals surface area contributed by atoms with Gasteiger partial charge in [0.25, 0.3) is 0 Å². The molecule has 0 amide bonds. The Morgan fingerprint density at radius 2 is 1.44 bits per heavy atom. The minimum Gasteiger partial charge on any atom is -0.393 e. The third-order valence-electron chi connectivity index (χ3n) is 2.89. The van der Waals surface area contributed by atoms with Crippen molar-refractivity contribution in [3.05, 3.63) is 12.2 Å². The summed E-state index contributed by atoms with van der Waals surface area (Å²) >= 11 is 0. The zero-order valence-electron chi connectivity index (χ0n) is 11.3. The van der Waals surface area contributed by atoms with Crippen LogP contribution in [0.2, 0.25) is 0 Å². The molecule has 0 aromatic carbocycles. The molecule has 0 saturated heterocycles. The van der Waals surface area contributed by atoms with Gasteiger partial charge >= 0.3 is 0 Å². The number of unbranched alkanes of at least 4 members (excludes halogenated alkanes) is 7. The molecule has 0 saturated carbocycles. The van der Waals surface area contributed by atoms with Gasteiger partial charge in [-0.05, 0) is 32.6 Å². The van der Waals surface area contributed by atoms with Crippen molar-refractivity contribution in [1.29, 1.82) is 0 Å². The Bertz CT molecular complexity index is 150. The van der Waals surface area contributed by atoms with E-state index < -0.39 is 0 Å². The van der Waals surface area contributed by atoms with E-state index in [4.69, 9.17) is 5.11 Å². The zero-order chi connectivity index (χ0) is 12.1. The Labute approximate surface area is 102 Å². The predicted octanol–water partition coefficient (Wildman–Crippen LogP) is 4.84. The van der Waals surface area contributed by atoms with Crippen LogP contribution in [0.15, 0.2) is 12.2 Å². The van der Waals surface area contributed by atoms with Gasteiger partial charge in [0.15, 0.2) is 0 Å². The van der Waals surface area contributed by atoms with E-state index in [0.29, 0.717) is 0 Å². The molecule has 1 nitrogen and oxygen atoms in total. The summed E-state index contributed by atoms with van der Waals surface area (Å²) in [4.78, 5) is 0. The summed E-state index contributed by atoms with van der Waals surface area (Å²) < 4.78 is 0. The number of aliphatic hydroxyl groups excluding tert-OH is 1. The van der Waals surface area contributed by atoms with Crippen molar-refractivity contribution in [2.24, 2.45) is 0 Å². The standard InChI is InChI=1S/C15H30O/c1-3-4-5-6-7-8-9-10-11-12-13-14-15(2)16/h11-12,15-16H,3-10,13-14H2,1-2H3/b12-11-. The molecule has 0 aliphatic heterocycles. The maximum absolute atomic E-state index is 9.06. The van der Waals surface area contributed by atoms with Crippen molar-refractivity contribution >= 4 is 0 Å². The first-order valence-electron chi connectivity index (χ1n) is 7.10. The Morgan fingerprint density at radius 3 is 2.06 bits per heavy atom. The van der Waals surface area contributed by atoms with Crippen LogP contribution in [0, 0.1) is 0 Å². The summed E-state index contributed by atoms with van der Waals surface area (Å²) in [5.74, 6) is 0. The van der Waals surface area contributed by atoms with Gasteiger partial charge in [0.1, 0.15) is 0 Å². The number of rotatable bonds is 11. The Balaban J connectivity index is 3.03. The van der Waals surface area contributed by atoms with Gasteiger partial charge in [0, 0.05) is 0 Å². The summed E-state index contributed by atoms with van der Waals surface area (Å²) in [5, 5.41) is 9.06. The number of hydrogen-bond acceptors (Lipinski definition) is 1. The van der Waals surface area contributed by atoms with Crippen molar-refractivity contribution in [2.45, 2.75) is 84.2 Å². The highest BCUT2D eigenvalue weighted by atomic mass is 16.3. The summed E-state index contributed by atoms with van der Waals surface area (Å²) in [6.45, 7) is 4.11. The van der Waals surface area contributed by atoms with Gasteiger partial charge in [-0.25, -0.2) is 0 Å². The molecular weight excluding hydrogens is 196 g/mol. The number of allylic oxidation sites excluding steroid dienone is 2. The van der Waals surface area contributed by atoms with Crippen LogP contribution in [-0.4, -0.2) is 11.2 Å². The lowest BCUT2D eigenvalue weighted by molar-refractivity contribution is 0.186. The molecule has 0 fully saturated rings. The van der Waals surface area contributed by atoms with Crippen molar-refractivity contribution < 1.29 is 5.11 Å². The summed E-state index contributed by atoms with van der Waals surface area (Å²) in [6.07, 6.45) is 17.2. The largest absolute Gasteiger partial charge is 0.393 e. The van der Waals surface area contributed by atoms with Crippen LogP contribution in [0.25, 0.3) is 0 Å². The summed E-state index contributed by atoms with van der Waals surface area (Å²) in [6, 6.07) is 0. The van der Waals surface area contributed by atoms with Gasteiger partial charge in [0.05, 0.1) is 6.10 Å². The first kappa shape index (κ1) is 15.7. The van der Waals surface area contributed by atoms with Gasteiger partial charge < -0.3 is 5.11 Å². The molecule has 0 rings (SSSR count). The lowest BCUT2D eigenvalue weighted by Gasteiger charge is -2.00. The fourth-order valence-corrected chi connectivity index (χ4v) is 1.79. The third-order valence-corrected chi connectivity index (χ3v) is 2.89. The highest BCUT2D eigenvalue weighted by molar-refractivity contribution is 4.81. The average molecular weight is 226 g/mol. The number of aliphatic hydroxyl groups is 1. The third kappa shape index (κ3) is 13.7. The molecule has 0 aromatic rings. The van der Waals surface area contributed by atoms with E-state index in [9.17, 15) is 0 Å². The quantitative estimate of drug-likeness (QED) is 0.394. The summed E-state index contributed by atoms with van der Waals surface area (Å²) in [5.41, 5.74) is 0. The lowest BCUT2D eigenvalue weighted by Crippen LogP contribution is -1.96. The molecule has 0 aliphatic carbocycles. The van der Waals surface area contributed by atoms with Crippen LogP contribution in [0.1, 0.15) is 78.1 Å². The Kier molecular flexibility index (Phi) is 12.5. The monoisotopic (exact) mass is 226 g/mol. The average Bonchev–Trinajstić information content (AvgIpc) is 2.25. The minimum absolute atomic E-state index is 0.150. The second-order valence-electron chi connectivity index (χ2n) is 4.81. The fourth-order valence-electron chi connectivity index (χ4n) is 1.79. The van der Waals surface area contributed by atoms with Gasteiger partial charge in [-0.15, -0.1) is 0 Å². The number of hydrogen-bond donors (Lipinski definition) is 1. The Morgan fingerprint density at radius 1 is 0.875 bits per heavy atom. The molecule has 0 spiro atoms. The van der Waals surface area contributed by atoms with E-state index in [0.717, 1.165) is 12.8 Å². The van der Waals surface area contributed by atoms with Crippen LogP contribution >= 0.6 is 0 Å². The minimum atomic E-state index is -0.150. The molecule has 1 unspecified atom stereocenters. The van der Waals surface area contributed by atoms with Crippen LogP contribution in [0.4, 0.5) is 0 Å². The van der Waals surface area contributed by atoms with Crippen LogP contribution in [-0.2, 0) is 0 Å². The molecule has 0 aromatic heterocycles. The first-order valence-corrected chi connectivity index (χ1v) is 7.10. The molecule has 1 heteroatoms. The van der Waals surface area contributed by atoms with Crippen molar-refractivity contribution in [3.63, 3.8) is 0 Å². The molecule has 0 bridgehead atoms. The highest BCUT2D eigenvalue weighted by Gasteiger charge is 1.91. The van der Waals surface area contributed by atoms with Gasteiger partial charge in [-0.1, -0.05) is 57.6 Å². The molecular formula is C15H30O. The van der Waals surface area contributed by atoms with E-state index in [1.807, 2.05) is 6.92 Å². The van der Waals surface area contributed by atoms with Crippen molar-refractivity contribution in [2.75, 3.05) is 0 Å². The van der Waals surface area contributed by atoms with E-state index in [1.54, 1.807) is 0 Å².